The zero-order valence-electron chi connectivity index (χ0n) is 13.9. The monoisotopic (exact) mass is 342 g/mol. The molecule has 2 amide bonds. The van der Waals surface area contributed by atoms with Crippen LogP contribution in [0.1, 0.15) is 46.3 Å². The average Bonchev–Trinajstić information content (AvgIpc) is 3.06. The van der Waals surface area contributed by atoms with Gasteiger partial charge in [0, 0.05) is 12.7 Å². The van der Waals surface area contributed by atoms with Crippen LogP contribution in [0.15, 0.2) is 30.5 Å². The zero-order chi connectivity index (χ0) is 18.0. The van der Waals surface area contributed by atoms with Crippen LogP contribution in [0.25, 0.3) is 0 Å². The van der Waals surface area contributed by atoms with E-state index in [2.05, 4.69) is 9.97 Å². The number of amides is 2. The van der Waals surface area contributed by atoms with E-state index in [1.807, 2.05) is 0 Å². The van der Waals surface area contributed by atoms with E-state index >= 15 is 0 Å². The summed E-state index contributed by atoms with van der Waals surface area (Å²) in [5.74, 6) is -0.421. The highest BCUT2D eigenvalue weighted by Crippen LogP contribution is 2.30. The van der Waals surface area contributed by atoms with Gasteiger partial charge >= 0.3 is 0 Å². The van der Waals surface area contributed by atoms with Gasteiger partial charge in [0.25, 0.3) is 5.91 Å². The van der Waals surface area contributed by atoms with Gasteiger partial charge in [0.15, 0.2) is 5.82 Å². The maximum atomic E-state index is 13.0. The Morgan fingerprint density at radius 2 is 2.04 bits per heavy atom. The maximum absolute atomic E-state index is 13.0. The minimum atomic E-state index is -0.570. The SMILES string of the molecule is Cc1nc([C@@H]2CCCN2C(=O)Cc2ccc(F)cc2)ncc1C(N)=O. The van der Waals surface area contributed by atoms with Crippen molar-refractivity contribution in [1.82, 2.24) is 14.9 Å². The van der Waals surface area contributed by atoms with Gasteiger partial charge in [0.05, 0.1) is 23.7 Å². The number of primary amides is 1. The van der Waals surface area contributed by atoms with Gasteiger partial charge in [-0.15, -0.1) is 0 Å². The summed E-state index contributed by atoms with van der Waals surface area (Å²) in [6, 6.07) is 5.70. The first-order chi connectivity index (χ1) is 12.0. The molecule has 1 saturated heterocycles. The van der Waals surface area contributed by atoms with Crippen LogP contribution in [0.3, 0.4) is 0 Å². The van der Waals surface area contributed by atoms with Crippen LogP contribution in [0.4, 0.5) is 4.39 Å². The molecule has 0 spiro atoms. The fraction of sp³-hybridized carbons (Fsp3) is 0.333. The Kier molecular flexibility index (Phi) is 4.74. The van der Waals surface area contributed by atoms with Crippen LogP contribution in [-0.2, 0) is 11.2 Å². The lowest BCUT2D eigenvalue weighted by atomic mass is 10.1. The Hall–Kier alpha value is -2.83. The molecule has 0 saturated carbocycles. The molecule has 1 aromatic carbocycles. The van der Waals surface area contributed by atoms with E-state index in [4.69, 9.17) is 5.73 Å². The summed E-state index contributed by atoms with van der Waals surface area (Å²) in [6.45, 7) is 2.33. The molecular weight excluding hydrogens is 323 g/mol. The minimum Gasteiger partial charge on any atom is -0.365 e. The van der Waals surface area contributed by atoms with Crippen molar-refractivity contribution in [2.24, 2.45) is 5.73 Å². The Morgan fingerprint density at radius 1 is 1.32 bits per heavy atom. The molecule has 1 aliphatic rings. The van der Waals surface area contributed by atoms with Gasteiger partial charge in [-0.3, -0.25) is 9.59 Å². The van der Waals surface area contributed by atoms with E-state index < -0.39 is 5.91 Å². The minimum absolute atomic E-state index is 0.0469. The zero-order valence-corrected chi connectivity index (χ0v) is 13.9. The fourth-order valence-electron chi connectivity index (χ4n) is 3.10. The van der Waals surface area contributed by atoms with Crippen molar-refractivity contribution in [1.29, 1.82) is 0 Å². The fourth-order valence-corrected chi connectivity index (χ4v) is 3.10. The molecule has 1 aliphatic heterocycles. The summed E-state index contributed by atoms with van der Waals surface area (Å²) in [5.41, 5.74) is 6.84. The first-order valence-electron chi connectivity index (χ1n) is 8.13. The van der Waals surface area contributed by atoms with Gasteiger partial charge in [-0.1, -0.05) is 12.1 Å². The number of aryl methyl sites for hydroxylation is 1. The molecule has 2 aromatic rings. The lowest BCUT2D eigenvalue weighted by Gasteiger charge is -2.24. The van der Waals surface area contributed by atoms with Gasteiger partial charge in [-0.05, 0) is 37.5 Å². The van der Waals surface area contributed by atoms with E-state index in [9.17, 15) is 14.0 Å². The number of likely N-dealkylation sites (tertiary alicyclic amines) is 1. The number of carbonyl (C=O) groups is 2. The molecule has 2 heterocycles. The van der Waals surface area contributed by atoms with Crippen LogP contribution in [0.5, 0.6) is 0 Å². The highest BCUT2D eigenvalue weighted by Gasteiger charge is 2.32. The maximum Gasteiger partial charge on any atom is 0.252 e. The average molecular weight is 342 g/mol. The molecule has 0 bridgehead atoms. The standard InChI is InChI=1S/C18H19FN4O2/c1-11-14(17(20)25)10-21-18(22-11)15-3-2-8-23(15)16(24)9-12-4-6-13(19)7-5-12/h4-7,10,15H,2-3,8-9H2,1H3,(H2,20,25)/t15-/m0/s1. The topological polar surface area (TPSA) is 89.2 Å². The molecule has 130 valence electrons. The largest absolute Gasteiger partial charge is 0.365 e. The number of hydrogen-bond donors (Lipinski definition) is 1. The highest BCUT2D eigenvalue weighted by molar-refractivity contribution is 5.93. The molecule has 1 fully saturated rings. The number of hydrogen-bond acceptors (Lipinski definition) is 4. The van der Waals surface area contributed by atoms with Crippen molar-refractivity contribution in [2.45, 2.75) is 32.2 Å². The van der Waals surface area contributed by atoms with E-state index in [1.54, 1.807) is 24.0 Å². The van der Waals surface area contributed by atoms with Gasteiger partial charge in [-0.2, -0.15) is 0 Å². The number of halogens is 1. The molecule has 2 N–H and O–H groups in total. The third-order valence-corrected chi connectivity index (χ3v) is 4.40. The number of nitrogens with two attached hydrogens (primary N) is 1. The smallest absolute Gasteiger partial charge is 0.252 e. The molecule has 1 atom stereocenters. The third kappa shape index (κ3) is 3.65. The van der Waals surface area contributed by atoms with Crippen LogP contribution < -0.4 is 5.73 Å². The third-order valence-electron chi connectivity index (χ3n) is 4.40. The van der Waals surface area contributed by atoms with Crippen LogP contribution in [0.2, 0.25) is 0 Å². The van der Waals surface area contributed by atoms with Crippen molar-refractivity contribution < 1.29 is 14.0 Å². The molecule has 0 radical (unpaired) electrons. The Morgan fingerprint density at radius 3 is 2.68 bits per heavy atom. The molecule has 7 heteroatoms. The van der Waals surface area contributed by atoms with Crippen molar-refractivity contribution in [3.8, 4) is 0 Å². The first-order valence-corrected chi connectivity index (χ1v) is 8.13. The van der Waals surface area contributed by atoms with Crippen molar-refractivity contribution in [2.75, 3.05) is 6.54 Å². The van der Waals surface area contributed by atoms with Gasteiger partial charge in [0.2, 0.25) is 5.91 Å². The van der Waals surface area contributed by atoms with Crippen LogP contribution in [0, 0.1) is 12.7 Å². The lowest BCUT2D eigenvalue weighted by molar-refractivity contribution is -0.131. The van der Waals surface area contributed by atoms with E-state index in [1.165, 1.54) is 18.3 Å². The first kappa shape index (κ1) is 17.0. The number of rotatable bonds is 4. The number of nitrogens with zero attached hydrogens (tertiary/aromatic N) is 3. The Bertz CT molecular complexity index is 807. The predicted molar refractivity (Wildman–Crippen MR) is 89.1 cm³/mol. The van der Waals surface area contributed by atoms with E-state index in [0.29, 0.717) is 18.1 Å². The van der Waals surface area contributed by atoms with Crippen molar-refractivity contribution >= 4 is 11.8 Å². The van der Waals surface area contributed by atoms with Gasteiger partial charge in [-0.25, -0.2) is 14.4 Å². The molecule has 3 rings (SSSR count). The quantitative estimate of drug-likeness (QED) is 0.919. The van der Waals surface area contributed by atoms with Gasteiger partial charge in [0.1, 0.15) is 5.82 Å². The normalized spacial score (nSPS) is 16.9. The molecule has 25 heavy (non-hydrogen) atoms. The second-order valence-corrected chi connectivity index (χ2v) is 6.14. The van der Waals surface area contributed by atoms with Crippen LogP contribution >= 0.6 is 0 Å². The van der Waals surface area contributed by atoms with Crippen molar-refractivity contribution in [3.63, 3.8) is 0 Å². The van der Waals surface area contributed by atoms with Crippen LogP contribution in [-0.4, -0.2) is 33.2 Å². The number of benzene rings is 1. The predicted octanol–water partition coefficient (Wildman–Crippen LogP) is 1.93. The summed E-state index contributed by atoms with van der Waals surface area (Å²) in [7, 11) is 0. The second-order valence-electron chi connectivity index (χ2n) is 6.14. The molecule has 0 aliphatic carbocycles. The van der Waals surface area contributed by atoms with Gasteiger partial charge < -0.3 is 10.6 Å². The molecule has 6 nitrogen and oxygen atoms in total. The summed E-state index contributed by atoms with van der Waals surface area (Å²) in [5, 5.41) is 0. The second kappa shape index (κ2) is 6.96. The Balaban J connectivity index is 1.78. The summed E-state index contributed by atoms with van der Waals surface area (Å²) >= 11 is 0. The molecule has 0 unspecified atom stereocenters. The summed E-state index contributed by atoms with van der Waals surface area (Å²) in [4.78, 5) is 34.3. The Labute approximate surface area is 144 Å². The van der Waals surface area contributed by atoms with Crippen molar-refractivity contribution in [3.05, 3.63) is 58.9 Å². The molecule has 1 aromatic heterocycles. The summed E-state index contributed by atoms with van der Waals surface area (Å²) in [6.07, 6.45) is 3.25. The molecular formula is C18H19FN4O2. The highest BCUT2D eigenvalue weighted by atomic mass is 19.1. The number of aromatic nitrogens is 2. The lowest BCUT2D eigenvalue weighted by Crippen LogP contribution is -2.33. The van der Waals surface area contributed by atoms with E-state index in [-0.39, 0.29) is 29.8 Å². The summed E-state index contributed by atoms with van der Waals surface area (Å²) < 4.78 is 13.0. The van der Waals surface area contributed by atoms with E-state index in [0.717, 1.165) is 18.4 Å². The number of carbonyl (C=O) groups excluding carboxylic acids is 2.